The van der Waals surface area contributed by atoms with Crippen LogP contribution in [0.2, 0.25) is 0 Å². The summed E-state index contributed by atoms with van der Waals surface area (Å²) in [6.45, 7) is 1.40. The smallest absolute Gasteiger partial charge is 0.293 e. The van der Waals surface area contributed by atoms with Crippen molar-refractivity contribution in [2.45, 2.75) is 12.8 Å². The lowest BCUT2D eigenvalue weighted by atomic mass is 10.1. The van der Waals surface area contributed by atoms with Crippen LogP contribution < -0.4 is 4.90 Å². The summed E-state index contributed by atoms with van der Waals surface area (Å²) in [5.74, 6) is -0.126. The molecule has 1 fully saturated rings. The molecule has 0 aliphatic carbocycles. The van der Waals surface area contributed by atoms with Gasteiger partial charge in [-0.25, -0.2) is 4.39 Å². The maximum atomic E-state index is 13.6. The summed E-state index contributed by atoms with van der Waals surface area (Å²) in [4.78, 5) is 12.4. The minimum Gasteiger partial charge on any atom is -0.396 e. The first-order valence-electron chi connectivity index (χ1n) is 6.02. The van der Waals surface area contributed by atoms with Crippen molar-refractivity contribution in [1.82, 2.24) is 0 Å². The second kappa shape index (κ2) is 6.00. The third-order valence-corrected chi connectivity index (χ3v) is 4.20. The van der Waals surface area contributed by atoms with Crippen molar-refractivity contribution >= 4 is 34.0 Å². The molecule has 0 bridgehead atoms. The van der Waals surface area contributed by atoms with E-state index >= 15 is 0 Å². The molecule has 2 rings (SSSR count). The molecule has 0 aromatic heterocycles. The molecule has 0 saturated carbocycles. The minimum absolute atomic E-state index is 0.0598. The topological polar surface area (TPSA) is 66.6 Å². The molecular weight excluding hydrogens is 366 g/mol. The van der Waals surface area contributed by atoms with Gasteiger partial charge in [0.2, 0.25) is 0 Å². The molecule has 1 saturated heterocycles. The van der Waals surface area contributed by atoms with E-state index in [9.17, 15) is 14.5 Å². The molecule has 1 aliphatic heterocycles. The zero-order chi connectivity index (χ0) is 14.0. The number of nitro groups is 1. The normalized spacial score (nSPS) is 18.9. The molecule has 1 aromatic rings. The minimum atomic E-state index is -0.476. The molecule has 1 heterocycles. The van der Waals surface area contributed by atoms with Gasteiger partial charge in [0.15, 0.2) is 0 Å². The van der Waals surface area contributed by atoms with Crippen LogP contribution >= 0.6 is 22.6 Å². The summed E-state index contributed by atoms with van der Waals surface area (Å²) in [6, 6.07) is 2.51. The number of hydrogen-bond acceptors (Lipinski definition) is 4. The molecule has 1 unspecified atom stereocenters. The number of benzene rings is 1. The van der Waals surface area contributed by atoms with Gasteiger partial charge in [-0.15, -0.1) is 0 Å². The van der Waals surface area contributed by atoms with Gasteiger partial charge in [0.25, 0.3) is 5.69 Å². The zero-order valence-corrected chi connectivity index (χ0v) is 12.3. The Bertz CT molecular complexity index is 498. The van der Waals surface area contributed by atoms with E-state index in [0.29, 0.717) is 31.1 Å². The van der Waals surface area contributed by atoms with Crippen molar-refractivity contribution in [3.63, 3.8) is 0 Å². The van der Waals surface area contributed by atoms with Crippen LogP contribution in [-0.4, -0.2) is 29.7 Å². The molecule has 1 aliphatic rings. The monoisotopic (exact) mass is 380 g/mol. The Morgan fingerprint density at radius 1 is 1.58 bits per heavy atom. The fraction of sp³-hybridized carbons (Fsp3) is 0.500. The molecule has 1 N–H and O–H groups in total. The predicted molar refractivity (Wildman–Crippen MR) is 77.8 cm³/mol. The Balaban J connectivity index is 2.29. The van der Waals surface area contributed by atoms with Crippen LogP contribution in [0.25, 0.3) is 0 Å². The lowest BCUT2D eigenvalue weighted by molar-refractivity contribution is -0.384. The maximum absolute atomic E-state index is 13.6. The molecular formula is C12H14FIN2O3. The molecule has 1 aromatic carbocycles. The van der Waals surface area contributed by atoms with Gasteiger partial charge in [0, 0.05) is 31.8 Å². The number of aliphatic hydroxyl groups is 1. The van der Waals surface area contributed by atoms with E-state index in [2.05, 4.69) is 0 Å². The molecule has 1 atom stereocenters. The van der Waals surface area contributed by atoms with E-state index in [1.807, 2.05) is 4.90 Å². The summed E-state index contributed by atoms with van der Waals surface area (Å²) < 4.78 is 13.9. The SMILES string of the molecule is O=[N+]([O-])c1cc(I)c(F)cc1N1CCC(CCO)C1. The predicted octanol–water partition coefficient (Wildman–Crippen LogP) is 2.55. The quantitative estimate of drug-likeness (QED) is 0.496. The molecule has 0 radical (unpaired) electrons. The molecule has 5 nitrogen and oxygen atoms in total. The highest BCUT2D eigenvalue weighted by Crippen LogP contribution is 2.35. The zero-order valence-electron chi connectivity index (χ0n) is 10.2. The molecule has 0 spiro atoms. The number of nitro benzene ring substituents is 1. The maximum Gasteiger partial charge on any atom is 0.293 e. The first kappa shape index (κ1) is 14.4. The first-order valence-corrected chi connectivity index (χ1v) is 7.10. The van der Waals surface area contributed by atoms with Gasteiger partial charge >= 0.3 is 0 Å². The van der Waals surface area contributed by atoms with Crippen molar-refractivity contribution < 1.29 is 14.4 Å². The number of nitrogens with zero attached hydrogens (tertiary/aromatic N) is 2. The number of hydrogen-bond donors (Lipinski definition) is 1. The highest BCUT2D eigenvalue weighted by Gasteiger charge is 2.28. The second-order valence-electron chi connectivity index (χ2n) is 4.63. The van der Waals surface area contributed by atoms with Crippen molar-refractivity contribution in [3.8, 4) is 0 Å². The molecule has 104 valence electrons. The summed E-state index contributed by atoms with van der Waals surface area (Å²) in [7, 11) is 0. The number of anilines is 1. The third-order valence-electron chi connectivity index (χ3n) is 3.38. The van der Waals surface area contributed by atoms with E-state index in [1.165, 1.54) is 12.1 Å². The summed E-state index contributed by atoms with van der Waals surface area (Å²) in [5.41, 5.74) is 0.277. The number of aliphatic hydroxyl groups excluding tert-OH is 1. The Kier molecular flexibility index (Phi) is 4.56. The summed E-state index contributed by atoms with van der Waals surface area (Å²) in [5, 5.41) is 20.0. The standard InChI is InChI=1S/C12H14FIN2O3/c13-9-5-11(12(16(18)19)6-10(9)14)15-3-1-8(7-15)2-4-17/h5-6,8,17H,1-4,7H2. The molecule has 7 heteroatoms. The Labute approximate surface area is 123 Å². The highest BCUT2D eigenvalue weighted by atomic mass is 127. The van der Waals surface area contributed by atoms with Crippen LogP contribution in [-0.2, 0) is 0 Å². The second-order valence-corrected chi connectivity index (χ2v) is 5.79. The van der Waals surface area contributed by atoms with E-state index in [1.54, 1.807) is 22.6 Å². The molecule has 0 amide bonds. The van der Waals surface area contributed by atoms with Gasteiger partial charge in [-0.1, -0.05) is 0 Å². The fourth-order valence-electron chi connectivity index (χ4n) is 2.40. The molecule has 19 heavy (non-hydrogen) atoms. The average molecular weight is 380 g/mol. The first-order chi connectivity index (χ1) is 9.02. The van der Waals surface area contributed by atoms with E-state index in [4.69, 9.17) is 5.11 Å². The van der Waals surface area contributed by atoms with Gasteiger partial charge < -0.3 is 10.0 Å². The fourth-order valence-corrected chi connectivity index (χ4v) is 2.85. The van der Waals surface area contributed by atoms with Gasteiger partial charge in [0.05, 0.1) is 8.49 Å². The Hall–Kier alpha value is -0.960. The number of halogens is 2. The largest absolute Gasteiger partial charge is 0.396 e. The van der Waals surface area contributed by atoms with Crippen molar-refractivity contribution in [3.05, 3.63) is 31.6 Å². The third kappa shape index (κ3) is 3.14. The van der Waals surface area contributed by atoms with Crippen LogP contribution in [0.15, 0.2) is 12.1 Å². The average Bonchev–Trinajstić information content (AvgIpc) is 2.81. The Morgan fingerprint density at radius 2 is 2.32 bits per heavy atom. The van der Waals surface area contributed by atoms with Crippen LogP contribution in [0, 0.1) is 25.4 Å². The van der Waals surface area contributed by atoms with Crippen molar-refractivity contribution in [1.29, 1.82) is 0 Å². The van der Waals surface area contributed by atoms with Crippen LogP contribution in [0.3, 0.4) is 0 Å². The summed E-state index contributed by atoms with van der Waals surface area (Å²) >= 11 is 1.75. The van der Waals surface area contributed by atoms with Crippen molar-refractivity contribution in [2.24, 2.45) is 5.92 Å². The van der Waals surface area contributed by atoms with Gasteiger partial charge in [-0.05, 0) is 41.4 Å². The van der Waals surface area contributed by atoms with E-state index in [-0.39, 0.29) is 15.9 Å². The van der Waals surface area contributed by atoms with Gasteiger partial charge in [-0.3, -0.25) is 10.1 Å². The van der Waals surface area contributed by atoms with E-state index in [0.717, 1.165) is 6.42 Å². The van der Waals surface area contributed by atoms with E-state index < -0.39 is 10.7 Å². The van der Waals surface area contributed by atoms with Crippen LogP contribution in [0.4, 0.5) is 15.8 Å². The highest BCUT2D eigenvalue weighted by molar-refractivity contribution is 14.1. The lowest BCUT2D eigenvalue weighted by Gasteiger charge is -2.19. The Morgan fingerprint density at radius 3 is 2.95 bits per heavy atom. The van der Waals surface area contributed by atoms with Crippen molar-refractivity contribution in [2.75, 3.05) is 24.6 Å². The van der Waals surface area contributed by atoms with Gasteiger partial charge in [-0.2, -0.15) is 0 Å². The van der Waals surface area contributed by atoms with Crippen LogP contribution in [0.1, 0.15) is 12.8 Å². The number of rotatable bonds is 4. The van der Waals surface area contributed by atoms with Crippen LogP contribution in [0.5, 0.6) is 0 Å². The lowest BCUT2D eigenvalue weighted by Crippen LogP contribution is -2.21. The summed E-state index contributed by atoms with van der Waals surface area (Å²) in [6.07, 6.45) is 1.54. The van der Waals surface area contributed by atoms with Gasteiger partial charge in [0.1, 0.15) is 11.5 Å².